The van der Waals surface area contributed by atoms with Crippen LogP contribution in [0.4, 0.5) is 16.2 Å². The summed E-state index contributed by atoms with van der Waals surface area (Å²) in [5.41, 5.74) is -0.904. The molecule has 0 fully saturated rings. The van der Waals surface area contributed by atoms with Gasteiger partial charge in [-0.25, -0.2) is 4.79 Å². The van der Waals surface area contributed by atoms with Crippen LogP contribution in [0.3, 0.4) is 0 Å². The number of pyridine rings is 1. The van der Waals surface area contributed by atoms with E-state index in [1.54, 1.807) is 33.0 Å². The van der Waals surface area contributed by atoms with E-state index in [0.29, 0.717) is 11.5 Å². The van der Waals surface area contributed by atoms with E-state index >= 15 is 0 Å². The third kappa shape index (κ3) is 5.16. The molecule has 2 aromatic rings. The van der Waals surface area contributed by atoms with Gasteiger partial charge in [-0.3, -0.25) is 20.0 Å². The fourth-order valence-electron chi connectivity index (χ4n) is 2.00. The van der Waals surface area contributed by atoms with Gasteiger partial charge in [0, 0.05) is 29.8 Å². The predicted octanol–water partition coefficient (Wildman–Crippen LogP) is 4.92. The Morgan fingerprint density at radius 1 is 1.23 bits per heavy atom. The third-order valence-electron chi connectivity index (χ3n) is 3.09. The molecule has 0 atom stereocenters. The van der Waals surface area contributed by atoms with Gasteiger partial charge >= 0.3 is 6.09 Å². The van der Waals surface area contributed by atoms with Crippen molar-refractivity contribution in [1.29, 1.82) is 0 Å². The second kappa shape index (κ2) is 7.69. The minimum atomic E-state index is -0.726. The molecule has 138 valence electrons. The van der Waals surface area contributed by atoms with E-state index in [9.17, 15) is 14.9 Å². The summed E-state index contributed by atoms with van der Waals surface area (Å²) in [5.74, 6) is 0.764. The van der Waals surface area contributed by atoms with E-state index in [4.69, 9.17) is 9.47 Å². The molecule has 0 spiro atoms. The van der Waals surface area contributed by atoms with Crippen molar-refractivity contribution in [3.05, 3.63) is 51.2 Å². The number of rotatable bonds is 4. The number of nitro groups is 1. The van der Waals surface area contributed by atoms with E-state index in [0.717, 1.165) is 9.37 Å². The van der Waals surface area contributed by atoms with Gasteiger partial charge in [-0.1, -0.05) is 0 Å². The molecule has 1 amide bonds. The van der Waals surface area contributed by atoms with Crippen LogP contribution in [0.1, 0.15) is 20.8 Å². The highest BCUT2D eigenvalue weighted by atomic mass is 79.9. The highest BCUT2D eigenvalue weighted by Crippen LogP contribution is 2.34. The van der Waals surface area contributed by atoms with E-state index in [-0.39, 0.29) is 11.4 Å². The maximum Gasteiger partial charge on any atom is 0.414 e. The maximum absolute atomic E-state index is 12.3. The predicted molar refractivity (Wildman–Crippen MR) is 99.7 cm³/mol. The first-order valence-corrected chi connectivity index (χ1v) is 8.39. The molecule has 1 aromatic heterocycles. The molecular formula is C17H18BrN3O5. The Bertz CT molecular complexity index is 835. The molecule has 0 aliphatic rings. The summed E-state index contributed by atoms with van der Waals surface area (Å²) in [6.45, 7) is 5.15. The summed E-state index contributed by atoms with van der Waals surface area (Å²) in [4.78, 5) is 28.1. The zero-order valence-electron chi connectivity index (χ0n) is 14.7. The van der Waals surface area contributed by atoms with Crippen LogP contribution in [0, 0.1) is 10.1 Å². The van der Waals surface area contributed by atoms with Crippen molar-refractivity contribution in [3.8, 4) is 11.5 Å². The molecule has 0 aliphatic heterocycles. The molecule has 1 aromatic carbocycles. The van der Waals surface area contributed by atoms with Gasteiger partial charge < -0.3 is 9.47 Å². The summed E-state index contributed by atoms with van der Waals surface area (Å²) in [6, 6.07) is 5.83. The number of ether oxygens (including phenoxy) is 2. The van der Waals surface area contributed by atoms with Crippen LogP contribution in [-0.4, -0.2) is 28.6 Å². The topological polar surface area (TPSA) is 94.8 Å². The normalized spacial score (nSPS) is 11.0. The zero-order chi connectivity index (χ0) is 19.5. The maximum atomic E-state index is 12.3. The molecule has 1 heterocycles. The number of amides is 1. The molecular weight excluding hydrogens is 406 g/mol. The van der Waals surface area contributed by atoms with Crippen LogP contribution in [0.25, 0.3) is 0 Å². The van der Waals surface area contributed by atoms with Crippen molar-refractivity contribution in [1.82, 2.24) is 4.98 Å². The first kappa shape index (κ1) is 19.6. The molecule has 0 saturated heterocycles. The highest BCUT2D eigenvalue weighted by molar-refractivity contribution is 9.10. The number of carbonyl (C=O) groups excluding carboxylic acids is 1. The quantitative estimate of drug-likeness (QED) is 0.511. The first-order chi connectivity index (χ1) is 12.1. The van der Waals surface area contributed by atoms with Gasteiger partial charge in [0.15, 0.2) is 0 Å². The Labute approximate surface area is 159 Å². The summed E-state index contributed by atoms with van der Waals surface area (Å²) in [5, 5.41) is 11.3. The lowest BCUT2D eigenvalue weighted by Crippen LogP contribution is -2.34. The molecule has 0 saturated carbocycles. The van der Waals surface area contributed by atoms with E-state index in [1.165, 1.54) is 31.4 Å². The Morgan fingerprint density at radius 3 is 2.50 bits per heavy atom. The minimum absolute atomic E-state index is 0.0599. The van der Waals surface area contributed by atoms with Crippen LogP contribution >= 0.6 is 15.9 Å². The SMILES string of the molecule is CN(C(=O)OC(C)(C)C)c1cc(Oc2cncc(Br)c2)ccc1[N+](=O)[O-]. The largest absolute Gasteiger partial charge is 0.456 e. The molecule has 0 bridgehead atoms. The summed E-state index contributed by atoms with van der Waals surface area (Å²) >= 11 is 3.29. The smallest absolute Gasteiger partial charge is 0.414 e. The average Bonchev–Trinajstić information content (AvgIpc) is 2.52. The molecule has 0 aliphatic carbocycles. The van der Waals surface area contributed by atoms with Crippen LogP contribution < -0.4 is 9.64 Å². The summed E-state index contributed by atoms with van der Waals surface area (Å²) < 4.78 is 11.7. The Kier molecular flexibility index (Phi) is 5.81. The fourth-order valence-corrected chi connectivity index (χ4v) is 2.35. The summed E-state index contributed by atoms with van der Waals surface area (Å²) in [7, 11) is 1.40. The Morgan fingerprint density at radius 2 is 1.92 bits per heavy atom. The van der Waals surface area contributed by atoms with Crippen molar-refractivity contribution in [2.45, 2.75) is 26.4 Å². The molecule has 26 heavy (non-hydrogen) atoms. The van der Waals surface area contributed by atoms with E-state index < -0.39 is 16.6 Å². The van der Waals surface area contributed by atoms with Crippen molar-refractivity contribution in [2.75, 3.05) is 11.9 Å². The minimum Gasteiger partial charge on any atom is -0.456 e. The Balaban J connectivity index is 2.36. The van der Waals surface area contributed by atoms with Gasteiger partial charge in [0.05, 0.1) is 11.1 Å². The second-order valence-corrected chi connectivity index (χ2v) is 7.30. The number of halogens is 1. The molecule has 0 N–H and O–H groups in total. The number of aromatic nitrogens is 1. The lowest BCUT2D eigenvalue weighted by atomic mass is 10.2. The number of carbonyl (C=O) groups is 1. The average molecular weight is 424 g/mol. The number of nitro benzene ring substituents is 1. The number of benzene rings is 1. The molecule has 2 rings (SSSR count). The van der Waals surface area contributed by atoms with E-state index in [2.05, 4.69) is 20.9 Å². The number of hydrogen-bond donors (Lipinski definition) is 0. The Hall–Kier alpha value is -2.68. The van der Waals surface area contributed by atoms with Crippen LogP contribution in [-0.2, 0) is 4.74 Å². The highest BCUT2D eigenvalue weighted by Gasteiger charge is 2.26. The van der Waals surface area contributed by atoms with Crippen LogP contribution in [0.15, 0.2) is 41.1 Å². The molecule has 9 heteroatoms. The number of anilines is 1. The van der Waals surface area contributed by atoms with Gasteiger partial charge in [-0.15, -0.1) is 0 Å². The van der Waals surface area contributed by atoms with Gasteiger partial charge in [0.25, 0.3) is 5.69 Å². The molecule has 0 unspecified atom stereocenters. The van der Waals surface area contributed by atoms with Crippen molar-refractivity contribution < 1.29 is 19.2 Å². The lowest BCUT2D eigenvalue weighted by molar-refractivity contribution is -0.384. The fraction of sp³-hybridized carbons (Fsp3) is 0.294. The van der Waals surface area contributed by atoms with Crippen molar-refractivity contribution in [2.24, 2.45) is 0 Å². The monoisotopic (exact) mass is 423 g/mol. The standard InChI is InChI=1S/C17H18BrN3O5/c1-17(2,3)26-16(22)20(4)15-8-12(5-6-14(15)21(23)24)25-13-7-11(18)9-19-10-13/h5-10H,1-4H3. The van der Waals surface area contributed by atoms with Gasteiger partial charge in [0.1, 0.15) is 22.8 Å². The molecule has 0 radical (unpaired) electrons. The third-order valence-corrected chi connectivity index (χ3v) is 3.52. The lowest BCUT2D eigenvalue weighted by Gasteiger charge is -2.24. The second-order valence-electron chi connectivity index (χ2n) is 6.39. The van der Waals surface area contributed by atoms with Crippen molar-refractivity contribution in [3.63, 3.8) is 0 Å². The summed E-state index contributed by atoms with van der Waals surface area (Å²) in [6.07, 6.45) is 2.40. The van der Waals surface area contributed by atoms with Crippen LogP contribution in [0.5, 0.6) is 11.5 Å². The van der Waals surface area contributed by atoms with Crippen LogP contribution in [0.2, 0.25) is 0 Å². The molecule has 8 nitrogen and oxygen atoms in total. The van der Waals surface area contributed by atoms with Gasteiger partial charge in [0.2, 0.25) is 0 Å². The first-order valence-electron chi connectivity index (χ1n) is 7.60. The van der Waals surface area contributed by atoms with E-state index in [1.807, 2.05) is 0 Å². The van der Waals surface area contributed by atoms with Gasteiger partial charge in [-0.05, 0) is 48.8 Å². The van der Waals surface area contributed by atoms with Crippen molar-refractivity contribution >= 4 is 33.4 Å². The zero-order valence-corrected chi connectivity index (χ0v) is 16.3. The number of nitrogens with zero attached hydrogens (tertiary/aromatic N) is 3. The van der Waals surface area contributed by atoms with Gasteiger partial charge in [-0.2, -0.15) is 0 Å². The number of hydrogen-bond acceptors (Lipinski definition) is 6.